The molecule has 0 aliphatic heterocycles. The van der Waals surface area contributed by atoms with Crippen molar-refractivity contribution in [3.05, 3.63) is 125 Å². The van der Waals surface area contributed by atoms with Crippen LogP contribution in [0.3, 0.4) is 0 Å². The number of aromatic amines is 1. The van der Waals surface area contributed by atoms with Crippen LogP contribution in [0.5, 0.6) is 0 Å². The molecule has 3 aromatic carbocycles. The van der Waals surface area contributed by atoms with Crippen molar-refractivity contribution in [1.29, 1.82) is 0 Å². The molecule has 7 nitrogen and oxygen atoms in total. The Morgan fingerprint density at radius 2 is 1.65 bits per heavy atom. The molecule has 0 aliphatic rings. The number of H-pyrrole nitrogens is 1. The standard InChI is InChI=1S/C32H28FN3O4/c1-20-16-27(21(2)36(20)25-8-4-3-5-9-25)30(37)19-40-32(39)29(35-31(38)22-12-14-24(33)15-13-22)17-23-18-34-28-11-7-6-10-26(23)28/h3-16,18,29,34H,17,19H2,1-2H3,(H,35,38)/t29-/m0/s1. The van der Waals surface area contributed by atoms with E-state index in [2.05, 4.69) is 10.3 Å². The van der Waals surface area contributed by atoms with E-state index >= 15 is 0 Å². The van der Waals surface area contributed by atoms with E-state index in [4.69, 9.17) is 4.74 Å². The first kappa shape index (κ1) is 26.6. The summed E-state index contributed by atoms with van der Waals surface area (Å²) in [4.78, 5) is 42.5. The molecule has 1 amide bonds. The van der Waals surface area contributed by atoms with Gasteiger partial charge in [0.15, 0.2) is 6.61 Å². The molecule has 5 rings (SSSR count). The number of carbonyl (C=O) groups excluding carboxylic acids is 3. The molecule has 8 heteroatoms. The van der Waals surface area contributed by atoms with Gasteiger partial charge in [-0.1, -0.05) is 36.4 Å². The van der Waals surface area contributed by atoms with Crippen LogP contribution in [0.15, 0.2) is 91.1 Å². The molecule has 0 spiro atoms. The number of aromatic nitrogens is 2. The predicted octanol–water partition coefficient (Wildman–Crippen LogP) is 5.48. The van der Waals surface area contributed by atoms with Crippen LogP contribution in [0, 0.1) is 19.7 Å². The summed E-state index contributed by atoms with van der Waals surface area (Å²) >= 11 is 0. The fourth-order valence-electron chi connectivity index (χ4n) is 4.89. The highest BCUT2D eigenvalue weighted by molar-refractivity contribution is 6.00. The number of nitrogens with zero attached hydrogens (tertiary/aromatic N) is 1. The van der Waals surface area contributed by atoms with Crippen molar-refractivity contribution in [2.24, 2.45) is 0 Å². The van der Waals surface area contributed by atoms with Gasteiger partial charge in [-0.3, -0.25) is 9.59 Å². The zero-order valence-electron chi connectivity index (χ0n) is 22.1. The Bertz CT molecular complexity index is 1690. The molecule has 2 N–H and O–H groups in total. The second kappa shape index (κ2) is 11.4. The molecule has 2 heterocycles. The smallest absolute Gasteiger partial charge is 0.329 e. The van der Waals surface area contributed by atoms with Gasteiger partial charge in [0, 0.05) is 51.7 Å². The van der Waals surface area contributed by atoms with Gasteiger partial charge in [0.1, 0.15) is 11.9 Å². The molecule has 5 aromatic rings. The Morgan fingerprint density at radius 3 is 2.40 bits per heavy atom. The van der Waals surface area contributed by atoms with Crippen LogP contribution in [0.4, 0.5) is 4.39 Å². The normalized spacial score (nSPS) is 11.8. The van der Waals surface area contributed by atoms with E-state index in [-0.39, 0.29) is 17.8 Å². The molecule has 1 atom stereocenters. The van der Waals surface area contributed by atoms with Crippen LogP contribution in [0.25, 0.3) is 16.6 Å². The summed E-state index contributed by atoms with van der Waals surface area (Å²) in [6.45, 7) is 3.28. The monoisotopic (exact) mass is 537 g/mol. The number of Topliss-reactive ketones (excluding diaryl/α,β-unsaturated/α-hetero) is 1. The van der Waals surface area contributed by atoms with Gasteiger partial charge in [0.25, 0.3) is 5.91 Å². The number of hydrogen-bond acceptors (Lipinski definition) is 4. The van der Waals surface area contributed by atoms with Crippen molar-refractivity contribution < 1.29 is 23.5 Å². The number of para-hydroxylation sites is 2. The summed E-state index contributed by atoms with van der Waals surface area (Å²) in [7, 11) is 0. The third-order valence-corrected chi connectivity index (χ3v) is 6.89. The van der Waals surface area contributed by atoms with Gasteiger partial charge in [0.2, 0.25) is 5.78 Å². The van der Waals surface area contributed by atoms with Gasteiger partial charge >= 0.3 is 5.97 Å². The minimum Gasteiger partial charge on any atom is -0.456 e. The van der Waals surface area contributed by atoms with Crippen LogP contribution in [-0.2, 0) is 16.0 Å². The average molecular weight is 538 g/mol. The fraction of sp³-hybridized carbons (Fsp3) is 0.156. The van der Waals surface area contributed by atoms with Crippen LogP contribution in [0.2, 0.25) is 0 Å². The number of hydrogen-bond donors (Lipinski definition) is 2. The van der Waals surface area contributed by atoms with E-state index in [0.717, 1.165) is 33.5 Å². The van der Waals surface area contributed by atoms with Gasteiger partial charge in [-0.05, 0) is 67.9 Å². The number of ether oxygens (including phenoxy) is 1. The maximum atomic E-state index is 13.4. The van der Waals surface area contributed by atoms with Crippen molar-refractivity contribution in [2.45, 2.75) is 26.3 Å². The number of fused-ring (bicyclic) bond motifs is 1. The number of ketones is 1. The van der Waals surface area contributed by atoms with Crippen LogP contribution in [0.1, 0.15) is 37.7 Å². The Hall–Kier alpha value is -4.98. The highest BCUT2D eigenvalue weighted by Crippen LogP contribution is 2.22. The Balaban J connectivity index is 1.34. The van der Waals surface area contributed by atoms with Crippen molar-refractivity contribution in [2.75, 3.05) is 6.61 Å². The second-order valence-corrected chi connectivity index (χ2v) is 9.58. The van der Waals surface area contributed by atoms with Crippen LogP contribution >= 0.6 is 0 Å². The first-order valence-electron chi connectivity index (χ1n) is 12.9. The number of amides is 1. The lowest BCUT2D eigenvalue weighted by Crippen LogP contribution is -2.43. The fourth-order valence-corrected chi connectivity index (χ4v) is 4.89. The van der Waals surface area contributed by atoms with Gasteiger partial charge in [-0.25, -0.2) is 9.18 Å². The van der Waals surface area contributed by atoms with Crippen molar-refractivity contribution in [3.8, 4) is 5.69 Å². The van der Waals surface area contributed by atoms with Crippen LogP contribution in [-0.4, -0.2) is 39.9 Å². The minimum absolute atomic E-state index is 0.131. The van der Waals surface area contributed by atoms with E-state index in [9.17, 15) is 18.8 Å². The maximum absolute atomic E-state index is 13.4. The topological polar surface area (TPSA) is 93.2 Å². The molecule has 0 aliphatic carbocycles. The highest BCUT2D eigenvalue weighted by Gasteiger charge is 2.26. The summed E-state index contributed by atoms with van der Waals surface area (Å²) in [5, 5.41) is 3.60. The Labute approximate surface area is 230 Å². The third kappa shape index (κ3) is 5.56. The lowest BCUT2D eigenvalue weighted by atomic mass is 10.0. The molecule has 40 heavy (non-hydrogen) atoms. The van der Waals surface area contributed by atoms with E-state index in [1.165, 1.54) is 24.3 Å². The number of rotatable bonds is 9. The first-order valence-corrected chi connectivity index (χ1v) is 12.9. The van der Waals surface area contributed by atoms with E-state index in [1.54, 1.807) is 12.3 Å². The van der Waals surface area contributed by atoms with Gasteiger partial charge < -0.3 is 19.6 Å². The summed E-state index contributed by atoms with van der Waals surface area (Å²) in [6, 6.07) is 23.0. The van der Waals surface area contributed by atoms with Crippen molar-refractivity contribution in [1.82, 2.24) is 14.9 Å². The van der Waals surface area contributed by atoms with Gasteiger partial charge in [-0.2, -0.15) is 0 Å². The largest absolute Gasteiger partial charge is 0.456 e. The van der Waals surface area contributed by atoms with E-state index < -0.39 is 30.3 Å². The number of halogens is 1. The summed E-state index contributed by atoms with van der Waals surface area (Å²) < 4.78 is 20.8. The van der Waals surface area contributed by atoms with Gasteiger partial charge in [0.05, 0.1) is 0 Å². The zero-order valence-corrected chi connectivity index (χ0v) is 22.1. The number of nitrogens with one attached hydrogen (secondary N) is 2. The molecule has 0 fully saturated rings. The quantitative estimate of drug-likeness (QED) is 0.192. The molecule has 0 radical (unpaired) electrons. The molecule has 0 bridgehead atoms. The highest BCUT2D eigenvalue weighted by atomic mass is 19.1. The molecule has 0 unspecified atom stereocenters. The summed E-state index contributed by atoms with van der Waals surface area (Å²) in [5.74, 6) is -2.12. The van der Waals surface area contributed by atoms with Crippen molar-refractivity contribution >= 4 is 28.6 Å². The predicted molar refractivity (Wildman–Crippen MR) is 150 cm³/mol. The molecular weight excluding hydrogens is 509 g/mol. The maximum Gasteiger partial charge on any atom is 0.329 e. The second-order valence-electron chi connectivity index (χ2n) is 9.58. The number of carbonyl (C=O) groups is 3. The molecular formula is C32H28FN3O4. The van der Waals surface area contributed by atoms with Gasteiger partial charge in [-0.15, -0.1) is 0 Å². The average Bonchev–Trinajstić information content (AvgIpc) is 3.51. The SMILES string of the molecule is Cc1cc(C(=O)COC(=O)[C@H](Cc2c[nH]c3ccccc23)NC(=O)c2ccc(F)cc2)c(C)n1-c1ccccc1. The number of esters is 1. The lowest BCUT2D eigenvalue weighted by molar-refractivity contribution is -0.144. The minimum atomic E-state index is -1.08. The van der Waals surface area contributed by atoms with E-state index in [0.29, 0.717) is 5.56 Å². The molecule has 0 saturated heterocycles. The Morgan fingerprint density at radius 1 is 0.950 bits per heavy atom. The molecule has 0 saturated carbocycles. The van der Waals surface area contributed by atoms with E-state index in [1.807, 2.05) is 73.0 Å². The van der Waals surface area contributed by atoms with Crippen LogP contribution < -0.4 is 5.32 Å². The summed E-state index contributed by atoms with van der Waals surface area (Å²) in [6.07, 6.45) is 1.91. The number of aryl methyl sites for hydroxylation is 1. The third-order valence-electron chi connectivity index (χ3n) is 6.89. The molecule has 202 valence electrons. The molecule has 2 aromatic heterocycles. The number of benzene rings is 3. The lowest BCUT2D eigenvalue weighted by Gasteiger charge is -2.18. The first-order chi connectivity index (χ1) is 19.3. The van der Waals surface area contributed by atoms with Crippen molar-refractivity contribution in [3.63, 3.8) is 0 Å². The Kier molecular flexibility index (Phi) is 7.59. The zero-order chi connectivity index (χ0) is 28.2. The summed E-state index contributed by atoms with van der Waals surface area (Å²) in [5.41, 5.74) is 4.89.